The number of ketones is 1. The van der Waals surface area contributed by atoms with Gasteiger partial charge in [0.25, 0.3) is 0 Å². The quantitative estimate of drug-likeness (QED) is 0.838. The number of thiazole rings is 1. The van der Waals surface area contributed by atoms with E-state index in [9.17, 15) is 4.79 Å². The number of aryl methyl sites for hydroxylation is 2. The topological polar surface area (TPSA) is 36.4 Å². The van der Waals surface area contributed by atoms with Crippen LogP contribution in [0.5, 0.6) is 0 Å². The Bertz CT molecular complexity index is 438. The van der Waals surface area contributed by atoms with Crippen molar-refractivity contribution < 1.29 is 4.79 Å². The Hall–Kier alpha value is -0.780. The molecule has 0 spiro atoms. The SMILES string of the molecule is Cc1nc(CC(=O)CC2CN(C)CCN2C)sc1C. The largest absolute Gasteiger partial charge is 0.304 e. The highest BCUT2D eigenvalue weighted by atomic mass is 32.1. The van der Waals surface area contributed by atoms with E-state index in [1.165, 1.54) is 4.88 Å². The van der Waals surface area contributed by atoms with Gasteiger partial charge in [0.1, 0.15) is 10.8 Å². The first-order valence-electron chi connectivity index (χ1n) is 6.79. The van der Waals surface area contributed by atoms with Crippen molar-refractivity contribution in [3.8, 4) is 0 Å². The van der Waals surface area contributed by atoms with Gasteiger partial charge in [-0.25, -0.2) is 4.98 Å². The fourth-order valence-electron chi connectivity index (χ4n) is 2.44. The van der Waals surface area contributed by atoms with Gasteiger partial charge in [-0.15, -0.1) is 11.3 Å². The molecule has 1 aromatic heterocycles. The van der Waals surface area contributed by atoms with Crippen molar-refractivity contribution in [1.82, 2.24) is 14.8 Å². The number of hydrogen-bond acceptors (Lipinski definition) is 5. The predicted molar refractivity (Wildman–Crippen MR) is 78.8 cm³/mol. The molecule has 106 valence electrons. The number of hydrogen-bond donors (Lipinski definition) is 0. The van der Waals surface area contributed by atoms with Gasteiger partial charge in [-0.1, -0.05) is 0 Å². The molecule has 0 saturated carbocycles. The molecule has 2 heterocycles. The molecule has 1 aliphatic heterocycles. The molecule has 5 heteroatoms. The van der Waals surface area contributed by atoms with Gasteiger partial charge in [0.2, 0.25) is 0 Å². The van der Waals surface area contributed by atoms with Crippen LogP contribution in [0.15, 0.2) is 0 Å². The van der Waals surface area contributed by atoms with Crippen molar-refractivity contribution >= 4 is 17.1 Å². The lowest BCUT2D eigenvalue weighted by Gasteiger charge is -2.37. The normalized spacial score (nSPS) is 21.8. The Morgan fingerprint density at radius 2 is 2.11 bits per heavy atom. The van der Waals surface area contributed by atoms with E-state index < -0.39 is 0 Å². The molecular formula is C14H23N3OS. The first kappa shape index (κ1) is 14.6. The third kappa shape index (κ3) is 3.84. The molecule has 0 amide bonds. The molecule has 1 aromatic rings. The lowest BCUT2D eigenvalue weighted by atomic mass is 10.0. The van der Waals surface area contributed by atoms with Crippen molar-refractivity contribution in [2.75, 3.05) is 33.7 Å². The number of Topliss-reactive ketones (excluding diaryl/α,β-unsaturated/α-hetero) is 1. The first-order valence-corrected chi connectivity index (χ1v) is 7.60. The van der Waals surface area contributed by atoms with Crippen LogP contribution in [-0.4, -0.2) is 60.3 Å². The molecule has 1 aliphatic rings. The summed E-state index contributed by atoms with van der Waals surface area (Å²) in [5.41, 5.74) is 1.06. The molecule has 1 unspecified atom stereocenters. The number of carbonyl (C=O) groups is 1. The summed E-state index contributed by atoms with van der Waals surface area (Å²) in [4.78, 5) is 22.4. The van der Waals surface area contributed by atoms with E-state index in [1.807, 2.05) is 6.92 Å². The number of rotatable bonds is 4. The average Bonchev–Trinajstić information content (AvgIpc) is 2.63. The highest BCUT2D eigenvalue weighted by Crippen LogP contribution is 2.18. The first-order chi connectivity index (χ1) is 8.95. The summed E-state index contributed by atoms with van der Waals surface area (Å²) in [6.07, 6.45) is 1.13. The lowest BCUT2D eigenvalue weighted by molar-refractivity contribution is -0.120. The second kappa shape index (κ2) is 6.11. The van der Waals surface area contributed by atoms with E-state index in [0.717, 1.165) is 30.3 Å². The van der Waals surface area contributed by atoms with Gasteiger partial charge in [-0.05, 0) is 27.9 Å². The molecule has 4 nitrogen and oxygen atoms in total. The second-order valence-electron chi connectivity index (χ2n) is 5.57. The Labute approximate surface area is 119 Å². The third-order valence-electron chi connectivity index (χ3n) is 3.86. The van der Waals surface area contributed by atoms with Gasteiger partial charge >= 0.3 is 0 Å². The van der Waals surface area contributed by atoms with E-state index in [4.69, 9.17) is 0 Å². The summed E-state index contributed by atoms with van der Waals surface area (Å²) >= 11 is 1.65. The number of piperazine rings is 1. The zero-order chi connectivity index (χ0) is 14.0. The van der Waals surface area contributed by atoms with Crippen LogP contribution in [0.4, 0.5) is 0 Å². The van der Waals surface area contributed by atoms with E-state index in [1.54, 1.807) is 11.3 Å². The van der Waals surface area contributed by atoms with Crippen LogP contribution >= 0.6 is 11.3 Å². The van der Waals surface area contributed by atoms with Crippen LogP contribution in [0, 0.1) is 13.8 Å². The van der Waals surface area contributed by atoms with Gasteiger partial charge in [0, 0.05) is 37.0 Å². The molecule has 19 heavy (non-hydrogen) atoms. The van der Waals surface area contributed by atoms with E-state index in [0.29, 0.717) is 24.7 Å². The summed E-state index contributed by atoms with van der Waals surface area (Å²) in [5.74, 6) is 0.306. The fraction of sp³-hybridized carbons (Fsp3) is 0.714. The summed E-state index contributed by atoms with van der Waals surface area (Å²) < 4.78 is 0. The minimum absolute atomic E-state index is 0.306. The van der Waals surface area contributed by atoms with Gasteiger partial charge < -0.3 is 9.80 Å². The Morgan fingerprint density at radius 3 is 2.74 bits per heavy atom. The van der Waals surface area contributed by atoms with Gasteiger partial charge in [-0.2, -0.15) is 0 Å². The standard InChI is InChI=1S/C14H23N3OS/c1-10-11(2)19-14(15-10)8-13(18)7-12-9-16(3)5-6-17(12)4/h12H,5-9H2,1-4H3. The molecule has 1 fully saturated rings. The molecule has 0 N–H and O–H groups in total. The van der Waals surface area contributed by atoms with Crippen molar-refractivity contribution in [2.45, 2.75) is 32.7 Å². The Kier molecular flexibility index (Phi) is 4.71. The summed E-state index contributed by atoms with van der Waals surface area (Å²) in [5, 5.41) is 0.965. The zero-order valence-corrected chi connectivity index (χ0v) is 13.1. The molecule has 1 saturated heterocycles. The minimum Gasteiger partial charge on any atom is -0.304 e. The molecular weight excluding hydrogens is 258 g/mol. The summed E-state index contributed by atoms with van der Waals surface area (Å²) in [6, 6.07) is 0.355. The van der Waals surface area contributed by atoms with Crippen molar-refractivity contribution in [3.05, 3.63) is 15.6 Å². The molecule has 1 atom stereocenters. The molecule has 0 aromatic carbocycles. The maximum absolute atomic E-state index is 12.2. The van der Waals surface area contributed by atoms with Crippen molar-refractivity contribution in [2.24, 2.45) is 0 Å². The van der Waals surface area contributed by atoms with Gasteiger partial charge in [-0.3, -0.25) is 4.79 Å². The van der Waals surface area contributed by atoms with Crippen LogP contribution in [0.1, 0.15) is 22.0 Å². The maximum Gasteiger partial charge on any atom is 0.141 e. The molecule has 0 bridgehead atoms. The van der Waals surface area contributed by atoms with E-state index in [-0.39, 0.29) is 0 Å². The van der Waals surface area contributed by atoms with Crippen LogP contribution in [0.2, 0.25) is 0 Å². The van der Waals surface area contributed by atoms with E-state index in [2.05, 4.69) is 35.8 Å². The van der Waals surface area contributed by atoms with Crippen LogP contribution in [-0.2, 0) is 11.2 Å². The number of aromatic nitrogens is 1. The van der Waals surface area contributed by atoms with Crippen LogP contribution in [0.25, 0.3) is 0 Å². The zero-order valence-electron chi connectivity index (χ0n) is 12.3. The Morgan fingerprint density at radius 1 is 1.37 bits per heavy atom. The smallest absolute Gasteiger partial charge is 0.141 e. The predicted octanol–water partition coefficient (Wildman–Crippen LogP) is 1.51. The number of likely N-dealkylation sites (N-methyl/N-ethyl adjacent to an activating group) is 2. The highest BCUT2D eigenvalue weighted by molar-refractivity contribution is 7.11. The van der Waals surface area contributed by atoms with Gasteiger partial charge in [0.15, 0.2) is 0 Å². The van der Waals surface area contributed by atoms with Crippen molar-refractivity contribution in [1.29, 1.82) is 0 Å². The third-order valence-corrected chi connectivity index (χ3v) is 4.94. The average molecular weight is 281 g/mol. The number of nitrogens with zero attached hydrogens (tertiary/aromatic N) is 3. The minimum atomic E-state index is 0.306. The number of carbonyl (C=O) groups excluding carboxylic acids is 1. The van der Waals surface area contributed by atoms with Crippen LogP contribution in [0.3, 0.4) is 0 Å². The Balaban J connectivity index is 1.90. The highest BCUT2D eigenvalue weighted by Gasteiger charge is 2.24. The van der Waals surface area contributed by atoms with Crippen LogP contribution < -0.4 is 0 Å². The molecule has 0 radical (unpaired) electrons. The van der Waals surface area contributed by atoms with Gasteiger partial charge in [0.05, 0.1) is 12.1 Å². The lowest BCUT2D eigenvalue weighted by Crippen LogP contribution is -2.50. The molecule has 0 aliphatic carbocycles. The fourth-order valence-corrected chi connectivity index (χ4v) is 3.40. The summed E-state index contributed by atoms with van der Waals surface area (Å²) in [6.45, 7) is 7.18. The maximum atomic E-state index is 12.2. The van der Waals surface area contributed by atoms with Crippen molar-refractivity contribution in [3.63, 3.8) is 0 Å². The summed E-state index contributed by atoms with van der Waals surface area (Å²) in [7, 11) is 4.24. The monoisotopic (exact) mass is 281 g/mol. The molecule has 2 rings (SSSR count). The van der Waals surface area contributed by atoms with E-state index >= 15 is 0 Å². The second-order valence-corrected chi connectivity index (χ2v) is 6.85.